The summed E-state index contributed by atoms with van der Waals surface area (Å²) >= 11 is 1.78. The van der Waals surface area contributed by atoms with Gasteiger partial charge in [-0.05, 0) is 20.0 Å². The third-order valence-electron chi connectivity index (χ3n) is 3.21. The summed E-state index contributed by atoms with van der Waals surface area (Å²) in [6.07, 6.45) is 0. The van der Waals surface area contributed by atoms with Crippen molar-refractivity contribution in [2.75, 3.05) is 31.1 Å². The first-order valence-electron chi connectivity index (χ1n) is 6.98. The van der Waals surface area contributed by atoms with E-state index in [0.29, 0.717) is 11.7 Å². The summed E-state index contributed by atoms with van der Waals surface area (Å²) in [5.74, 6) is 2.80. The van der Waals surface area contributed by atoms with Crippen LogP contribution in [0, 0.1) is 6.92 Å². The Morgan fingerprint density at radius 2 is 1.84 bits per heavy atom. The molecule has 0 unspecified atom stereocenters. The minimum absolute atomic E-state index is 0.310. The van der Waals surface area contributed by atoms with Gasteiger partial charge in [-0.2, -0.15) is 0 Å². The molecule has 1 aromatic heterocycles. The normalized spacial score (nSPS) is 11.5. The number of thioether (sulfide) groups is 1. The summed E-state index contributed by atoms with van der Waals surface area (Å²) in [7, 11) is 0. The number of aromatic nitrogens is 2. The van der Waals surface area contributed by atoms with Gasteiger partial charge in [0.2, 0.25) is 0 Å². The van der Waals surface area contributed by atoms with E-state index in [2.05, 4.69) is 42.6 Å². The molecule has 4 nitrogen and oxygen atoms in total. The predicted molar refractivity (Wildman–Crippen MR) is 83.8 cm³/mol. The van der Waals surface area contributed by atoms with Crippen LogP contribution in [-0.2, 0) is 0 Å². The average Bonchev–Trinajstić information content (AvgIpc) is 2.39. The Kier molecular flexibility index (Phi) is 6.58. The molecule has 0 aliphatic carbocycles. The molecule has 108 valence electrons. The third-order valence-corrected chi connectivity index (χ3v) is 4.27. The molecule has 0 saturated heterocycles. The van der Waals surface area contributed by atoms with Crippen LogP contribution in [0.2, 0.25) is 0 Å². The molecular weight excluding hydrogens is 256 g/mol. The van der Waals surface area contributed by atoms with Crippen LogP contribution in [0.5, 0.6) is 0 Å². The monoisotopic (exact) mass is 282 g/mol. The molecule has 0 aromatic carbocycles. The number of rotatable bonds is 7. The number of nitrogens with two attached hydrogens (primary N) is 1. The molecule has 0 bridgehead atoms. The molecule has 0 atom stereocenters. The lowest BCUT2D eigenvalue weighted by Crippen LogP contribution is -2.25. The van der Waals surface area contributed by atoms with Gasteiger partial charge in [0.25, 0.3) is 0 Å². The van der Waals surface area contributed by atoms with Crippen LogP contribution < -0.4 is 5.73 Å². The van der Waals surface area contributed by atoms with Gasteiger partial charge in [0.05, 0.1) is 0 Å². The van der Waals surface area contributed by atoms with Crippen LogP contribution in [0.15, 0.2) is 5.03 Å². The second-order valence-electron chi connectivity index (χ2n) is 4.93. The maximum Gasteiger partial charge on any atom is 0.134 e. The molecule has 0 saturated carbocycles. The van der Waals surface area contributed by atoms with Crippen molar-refractivity contribution in [1.29, 1.82) is 0 Å². The Morgan fingerprint density at radius 3 is 2.37 bits per heavy atom. The molecule has 0 aliphatic heterocycles. The predicted octanol–water partition coefficient (Wildman–Crippen LogP) is 2.92. The van der Waals surface area contributed by atoms with Crippen LogP contribution in [0.3, 0.4) is 0 Å². The zero-order chi connectivity index (χ0) is 14.4. The molecule has 0 amide bonds. The highest BCUT2D eigenvalue weighted by Gasteiger charge is 2.12. The smallest absolute Gasteiger partial charge is 0.134 e. The zero-order valence-electron chi connectivity index (χ0n) is 12.7. The van der Waals surface area contributed by atoms with Gasteiger partial charge in [-0.1, -0.05) is 27.7 Å². The van der Waals surface area contributed by atoms with E-state index in [4.69, 9.17) is 5.73 Å². The Hall–Kier alpha value is -0.810. The Bertz CT molecular complexity index is 403. The van der Waals surface area contributed by atoms with Gasteiger partial charge in [0.15, 0.2) is 0 Å². The van der Waals surface area contributed by atoms with Crippen LogP contribution in [0.1, 0.15) is 45.0 Å². The molecule has 1 aromatic rings. The van der Waals surface area contributed by atoms with Crippen molar-refractivity contribution in [3.8, 4) is 0 Å². The number of anilines is 1. The lowest BCUT2D eigenvalue weighted by molar-refractivity contribution is 0.324. The van der Waals surface area contributed by atoms with Crippen LogP contribution in [0.25, 0.3) is 0 Å². The first-order chi connectivity index (χ1) is 8.99. The van der Waals surface area contributed by atoms with E-state index >= 15 is 0 Å². The van der Waals surface area contributed by atoms with Crippen molar-refractivity contribution in [1.82, 2.24) is 14.9 Å². The van der Waals surface area contributed by atoms with Crippen molar-refractivity contribution in [3.05, 3.63) is 11.4 Å². The summed E-state index contributed by atoms with van der Waals surface area (Å²) in [6, 6.07) is 0. The molecular formula is C14H26N4S. The highest BCUT2D eigenvalue weighted by atomic mass is 32.2. The van der Waals surface area contributed by atoms with Gasteiger partial charge in [-0.25, -0.2) is 9.97 Å². The Morgan fingerprint density at radius 1 is 1.21 bits per heavy atom. The maximum absolute atomic E-state index is 5.97. The molecule has 1 rings (SSSR count). The molecule has 0 radical (unpaired) electrons. The fraction of sp³-hybridized carbons (Fsp3) is 0.714. The first kappa shape index (κ1) is 16.2. The SMILES string of the molecule is CCN(CC)CCSc1nc(C(C)C)nc(N)c1C. The highest BCUT2D eigenvalue weighted by Crippen LogP contribution is 2.25. The van der Waals surface area contributed by atoms with Crippen molar-refractivity contribution in [2.24, 2.45) is 0 Å². The van der Waals surface area contributed by atoms with Gasteiger partial charge in [-0.15, -0.1) is 11.8 Å². The van der Waals surface area contributed by atoms with E-state index in [1.807, 2.05) is 6.92 Å². The molecule has 0 spiro atoms. The Labute approximate surface area is 121 Å². The van der Waals surface area contributed by atoms with Crippen molar-refractivity contribution >= 4 is 17.6 Å². The second-order valence-corrected chi connectivity index (χ2v) is 6.01. The minimum Gasteiger partial charge on any atom is -0.383 e. The van der Waals surface area contributed by atoms with E-state index < -0.39 is 0 Å². The van der Waals surface area contributed by atoms with E-state index in [0.717, 1.165) is 41.8 Å². The quantitative estimate of drug-likeness (QED) is 0.615. The number of nitrogens with zero attached hydrogens (tertiary/aromatic N) is 3. The first-order valence-corrected chi connectivity index (χ1v) is 7.97. The van der Waals surface area contributed by atoms with Crippen molar-refractivity contribution in [2.45, 2.75) is 45.6 Å². The average molecular weight is 282 g/mol. The van der Waals surface area contributed by atoms with E-state index in [1.54, 1.807) is 11.8 Å². The summed E-state index contributed by atoms with van der Waals surface area (Å²) in [6.45, 7) is 13.8. The van der Waals surface area contributed by atoms with Gasteiger partial charge < -0.3 is 10.6 Å². The van der Waals surface area contributed by atoms with E-state index in [1.165, 1.54) is 0 Å². The lowest BCUT2D eigenvalue weighted by atomic mass is 10.2. The fourth-order valence-corrected chi connectivity index (χ4v) is 2.76. The summed E-state index contributed by atoms with van der Waals surface area (Å²) in [5, 5.41) is 1.03. The van der Waals surface area contributed by atoms with Crippen molar-refractivity contribution in [3.63, 3.8) is 0 Å². The third kappa shape index (κ3) is 4.66. The number of hydrogen-bond acceptors (Lipinski definition) is 5. The second kappa shape index (κ2) is 7.70. The molecule has 19 heavy (non-hydrogen) atoms. The molecule has 0 fully saturated rings. The maximum atomic E-state index is 5.97. The van der Waals surface area contributed by atoms with Crippen LogP contribution in [0.4, 0.5) is 5.82 Å². The minimum atomic E-state index is 0.310. The summed E-state index contributed by atoms with van der Waals surface area (Å²) in [4.78, 5) is 11.4. The summed E-state index contributed by atoms with van der Waals surface area (Å²) < 4.78 is 0. The molecule has 1 heterocycles. The van der Waals surface area contributed by atoms with Gasteiger partial charge in [0, 0.05) is 23.8 Å². The van der Waals surface area contributed by atoms with Gasteiger partial charge >= 0.3 is 0 Å². The fourth-order valence-electron chi connectivity index (χ4n) is 1.74. The molecule has 2 N–H and O–H groups in total. The highest BCUT2D eigenvalue weighted by molar-refractivity contribution is 7.99. The topological polar surface area (TPSA) is 55.0 Å². The Balaban J connectivity index is 2.72. The standard InChI is InChI=1S/C14H26N4S/c1-6-18(7-2)8-9-19-14-11(5)12(15)16-13(17-14)10(3)4/h10H,6-9H2,1-5H3,(H2,15,16,17). The number of hydrogen-bond donors (Lipinski definition) is 1. The number of nitrogen functional groups attached to an aromatic ring is 1. The van der Waals surface area contributed by atoms with Gasteiger partial charge in [-0.3, -0.25) is 0 Å². The summed E-state index contributed by atoms with van der Waals surface area (Å²) in [5.41, 5.74) is 6.98. The lowest BCUT2D eigenvalue weighted by Gasteiger charge is -2.18. The van der Waals surface area contributed by atoms with Crippen molar-refractivity contribution < 1.29 is 0 Å². The van der Waals surface area contributed by atoms with E-state index in [-0.39, 0.29) is 0 Å². The van der Waals surface area contributed by atoms with Crippen LogP contribution >= 0.6 is 11.8 Å². The molecule has 0 aliphatic rings. The zero-order valence-corrected chi connectivity index (χ0v) is 13.5. The largest absolute Gasteiger partial charge is 0.383 e. The van der Waals surface area contributed by atoms with Gasteiger partial charge in [0.1, 0.15) is 16.7 Å². The van der Waals surface area contributed by atoms with E-state index in [9.17, 15) is 0 Å². The molecule has 5 heteroatoms. The van der Waals surface area contributed by atoms with Crippen LogP contribution in [-0.4, -0.2) is 40.3 Å².